The molecule has 31 heavy (non-hydrogen) atoms. The molecule has 1 saturated heterocycles. The first-order valence-electron chi connectivity index (χ1n) is 11.2. The Morgan fingerprint density at radius 1 is 1.13 bits per heavy atom. The lowest BCUT2D eigenvalue weighted by Crippen LogP contribution is -2.47. The Hall–Kier alpha value is -2.38. The number of nitrogens with zero attached hydrogens (tertiary/aromatic N) is 4. The van der Waals surface area contributed by atoms with Gasteiger partial charge in [0.05, 0.1) is 17.8 Å². The third-order valence-corrected chi connectivity index (χ3v) is 6.74. The van der Waals surface area contributed by atoms with E-state index in [1.807, 2.05) is 41.9 Å². The lowest BCUT2D eigenvalue weighted by atomic mass is 10.1. The third kappa shape index (κ3) is 4.77. The van der Waals surface area contributed by atoms with Crippen LogP contribution < -0.4 is 4.74 Å². The quantitative estimate of drug-likeness (QED) is 0.738. The van der Waals surface area contributed by atoms with Gasteiger partial charge in [-0.15, -0.1) is 0 Å². The second kappa shape index (κ2) is 9.40. The number of hydrogen-bond acceptors (Lipinski definition) is 5. The number of rotatable bonds is 2. The van der Waals surface area contributed by atoms with Gasteiger partial charge in [-0.3, -0.25) is 14.4 Å². The average molecular weight is 427 g/mol. The van der Waals surface area contributed by atoms with Crippen molar-refractivity contribution in [1.82, 2.24) is 19.6 Å². The van der Waals surface area contributed by atoms with Crippen molar-refractivity contribution in [2.75, 3.05) is 33.4 Å². The molecule has 2 atom stereocenters. The van der Waals surface area contributed by atoms with E-state index in [1.165, 1.54) is 11.3 Å². The Balaban J connectivity index is 1.48. The molecule has 0 radical (unpaired) electrons. The predicted molar refractivity (Wildman–Crippen MR) is 119 cm³/mol. The molecule has 1 fully saturated rings. The molecule has 168 valence electrons. The molecule has 0 aliphatic carbocycles. The van der Waals surface area contributed by atoms with E-state index in [0.29, 0.717) is 6.61 Å². The van der Waals surface area contributed by atoms with E-state index in [0.717, 1.165) is 55.9 Å². The molecule has 7 nitrogen and oxygen atoms in total. The van der Waals surface area contributed by atoms with Gasteiger partial charge in [-0.1, -0.05) is 18.2 Å². The van der Waals surface area contributed by atoms with Gasteiger partial charge in [0.15, 0.2) is 6.61 Å². The average Bonchev–Trinajstić information content (AvgIpc) is 3.27. The zero-order valence-corrected chi connectivity index (χ0v) is 19.1. The highest BCUT2D eigenvalue weighted by Gasteiger charge is 2.38. The zero-order chi connectivity index (χ0) is 22.0. The van der Waals surface area contributed by atoms with E-state index in [9.17, 15) is 4.79 Å². The first-order valence-corrected chi connectivity index (χ1v) is 11.2. The number of carbonyl (C=O) groups excluding carboxylic acids is 1. The molecule has 2 aromatic rings. The van der Waals surface area contributed by atoms with Gasteiger partial charge < -0.3 is 14.4 Å². The summed E-state index contributed by atoms with van der Waals surface area (Å²) < 4.78 is 14.2. The fraction of sp³-hybridized carbons (Fsp3) is 0.583. The number of benzene rings is 1. The van der Waals surface area contributed by atoms with Crippen LogP contribution in [0.15, 0.2) is 24.3 Å². The predicted octanol–water partition coefficient (Wildman–Crippen LogP) is 2.48. The molecule has 0 N–H and O–H groups in total. The number of amides is 1. The standard InChI is InChI=1S/C24H34N4O3/c1-17-20(18(2)27(4)25-17)13-28-14-21-23(15-28)30-12-8-7-10-19-9-5-6-11-22(19)31-16-24(29)26(21)3/h5-6,9,11,21,23H,7-8,10,12-16H2,1-4H3/t21-,23-/m0/s1. The Labute approximate surface area is 184 Å². The highest BCUT2D eigenvalue weighted by molar-refractivity contribution is 5.78. The molecule has 3 heterocycles. The van der Waals surface area contributed by atoms with Crippen LogP contribution in [0.2, 0.25) is 0 Å². The van der Waals surface area contributed by atoms with Gasteiger partial charge >= 0.3 is 0 Å². The summed E-state index contributed by atoms with van der Waals surface area (Å²) in [7, 11) is 3.86. The molecule has 1 aromatic carbocycles. The van der Waals surface area contributed by atoms with E-state index >= 15 is 0 Å². The van der Waals surface area contributed by atoms with E-state index in [-0.39, 0.29) is 24.7 Å². The van der Waals surface area contributed by atoms with Crippen LogP contribution in [-0.4, -0.2) is 71.0 Å². The van der Waals surface area contributed by atoms with Crippen molar-refractivity contribution in [3.05, 3.63) is 46.8 Å². The Kier molecular flexibility index (Phi) is 6.62. The molecule has 1 amide bonds. The van der Waals surface area contributed by atoms with Crippen LogP contribution >= 0.6 is 0 Å². The maximum atomic E-state index is 13.0. The van der Waals surface area contributed by atoms with Crippen molar-refractivity contribution in [3.63, 3.8) is 0 Å². The summed E-state index contributed by atoms with van der Waals surface area (Å²) in [4.78, 5) is 17.2. The number of likely N-dealkylation sites (tertiary alicyclic amines) is 1. The first-order chi connectivity index (χ1) is 14.9. The van der Waals surface area contributed by atoms with Crippen LogP contribution in [0, 0.1) is 13.8 Å². The molecular weight excluding hydrogens is 392 g/mol. The van der Waals surface area contributed by atoms with Gasteiger partial charge in [-0.25, -0.2) is 0 Å². The highest BCUT2D eigenvalue weighted by atomic mass is 16.5. The maximum absolute atomic E-state index is 13.0. The van der Waals surface area contributed by atoms with E-state index in [1.54, 1.807) is 0 Å². The van der Waals surface area contributed by atoms with Crippen LogP contribution in [0.25, 0.3) is 0 Å². The summed E-state index contributed by atoms with van der Waals surface area (Å²) >= 11 is 0. The monoisotopic (exact) mass is 426 g/mol. The van der Waals surface area contributed by atoms with Crippen molar-refractivity contribution in [2.24, 2.45) is 7.05 Å². The lowest BCUT2D eigenvalue weighted by Gasteiger charge is -2.29. The highest BCUT2D eigenvalue weighted by Crippen LogP contribution is 2.25. The van der Waals surface area contributed by atoms with E-state index in [2.05, 4.69) is 29.9 Å². The van der Waals surface area contributed by atoms with Crippen LogP contribution in [0.3, 0.4) is 0 Å². The zero-order valence-electron chi connectivity index (χ0n) is 19.1. The molecule has 7 heteroatoms. The summed E-state index contributed by atoms with van der Waals surface area (Å²) in [6, 6.07) is 8.04. The third-order valence-electron chi connectivity index (χ3n) is 6.74. The smallest absolute Gasteiger partial charge is 0.260 e. The molecule has 0 spiro atoms. The molecular formula is C24H34N4O3. The summed E-state index contributed by atoms with van der Waals surface area (Å²) in [6.45, 7) is 7.37. The largest absolute Gasteiger partial charge is 0.483 e. The molecule has 0 saturated carbocycles. The number of ether oxygens (including phenoxy) is 2. The number of carbonyl (C=O) groups is 1. The fourth-order valence-electron chi connectivity index (χ4n) is 4.70. The summed E-state index contributed by atoms with van der Waals surface area (Å²) in [5.41, 5.74) is 4.69. The van der Waals surface area contributed by atoms with Crippen molar-refractivity contribution >= 4 is 5.91 Å². The number of fused-ring (bicyclic) bond motifs is 2. The number of para-hydroxylation sites is 1. The van der Waals surface area contributed by atoms with Gasteiger partial charge in [0.25, 0.3) is 5.91 Å². The fourth-order valence-corrected chi connectivity index (χ4v) is 4.70. The molecule has 2 aliphatic heterocycles. The molecule has 0 bridgehead atoms. The normalized spacial score (nSPS) is 23.4. The second-order valence-electron chi connectivity index (χ2n) is 8.80. The molecule has 0 unspecified atom stereocenters. The summed E-state index contributed by atoms with van der Waals surface area (Å²) in [5, 5.41) is 4.55. The first kappa shape index (κ1) is 21.8. The SMILES string of the molecule is Cc1nn(C)c(C)c1CN1C[C@@H]2OCCCCc3ccccc3OCC(=O)N(C)[C@H]2C1. The van der Waals surface area contributed by atoms with Crippen molar-refractivity contribution < 1.29 is 14.3 Å². The van der Waals surface area contributed by atoms with E-state index in [4.69, 9.17) is 9.47 Å². The lowest BCUT2D eigenvalue weighted by molar-refractivity contribution is -0.136. The number of hydrogen-bond donors (Lipinski definition) is 0. The minimum Gasteiger partial charge on any atom is -0.483 e. The summed E-state index contributed by atoms with van der Waals surface area (Å²) in [6.07, 6.45) is 2.98. The topological polar surface area (TPSA) is 59.8 Å². The Morgan fingerprint density at radius 2 is 1.94 bits per heavy atom. The molecule has 2 aliphatic rings. The second-order valence-corrected chi connectivity index (χ2v) is 8.80. The Bertz CT molecular complexity index is 926. The van der Waals surface area contributed by atoms with Crippen LogP contribution in [0.5, 0.6) is 5.75 Å². The van der Waals surface area contributed by atoms with Crippen molar-refractivity contribution in [2.45, 2.75) is 51.8 Å². The number of likely N-dealkylation sites (N-methyl/N-ethyl adjacent to an activating group) is 1. The van der Waals surface area contributed by atoms with Gasteiger partial charge in [-0.05, 0) is 44.7 Å². The molecule has 1 aromatic heterocycles. The summed E-state index contributed by atoms with van der Waals surface area (Å²) in [5.74, 6) is 0.805. The van der Waals surface area contributed by atoms with Gasteiger partial charge in [-0.2, -0.15) is 5.10 Å². The molecule has 4 rings (SSSR count). The minimum atomic E-state index is -0.0109. The van der Waals surface area contributed by atoms with Crippen LogP contribution in [0.1, 0.15) is 35.4 Å². The Morgan fingerprint density at radius 3 is 2.71 bits per heavy atom. The van der Waals surface area contributed by atoms with Crippen molar-refractivity contribution in [1.29, 1.82) is 0 Å². The van der Waals surface area contributed by atoms with Crippen LogP contribution in [-0.2, 0) is 29.5 Å². The van der Waals surface area contributed by atoms with Crippen molar-refractivity contribution in [3.8, 4) is 5.75 Å². The van der Waals surface area contributed by atoms with Gasteiger partial charge in [0, 0.05) is 51.6 Å². The maximum Gasteiger partial charge on any atom is 0.260 e. The van der Waals surface area contributed by atoms with Gasteiger partial charge in [0.2, 0.25) is 0 Å². The number of aryl methyl sites for hydroxylation is 3. The van der Waals surface area contributed by atoms with Gasteiger partial charge in [0.1, 0.15) is 5.75 Å². The van der Waals surface area contributed by atoms with Crippen LogP contribution in [0.4, 0.5) is 0 Å². The minimum absolute atomic E-state index is 0.00867. The van der Waals surface area contributed by atoms with E-state index < -0.39 is 0 Å². The number of aromatic nitrogens is 2.